The van der Waals surface area contributed by atoms with Gasteiger partial charge >= 0.3 is 6.18 Å². The van der Waals surface area contributed by atoms with Crippen LogP contribution in [-0.2, 0) is 31.5 Å². The average molecular weight is 588 g/mol. The van der Waals surface area contributed by atoms with Gasteiger partial charge in [-0.1, -0.05) is 5.16 Å². The van der Waals surface area contributed by atoms with Crippen molar-refractivity contribution in [3.63, 3.8) is 0 Å². The van der Waals surface area contributed by atoms with Gasteiger partial charge in [0.05, 0.1) is 36.2 Å². The van der Waals surface area contributed by atoms with Crippen LogP contribution in [0.3, 0.4) is 0 Å². The summed E-state index contributed by atoms with van der Waals surface area (Å²) in [5.74, 6) is -3.21. The Morgan fingerprint density at radius 1 is 1.10 bits per heavy atom. The van der Waals surface area contributed by atoms with Gasteiger partial charge in [-0.3, -0.25) is 4.79 Å². The first kappa shape index (κ1) is 28.0. The summed E-state index contributed by atoms with van der Waals surface area (Å²) in [5, 5.41) is 3.62. The Bertz CT molecular complexity index is 1530. The van der Waals surface area contributed by atoms with Gasteiger partial charge in [0.1, 0.15) is 36.0 Å². The van der Waals surface area contributed by atoms with Crippen molar-refractivity contribution in [3.8, 4) is 16.9 Å². The average Bonchev–Trinajstić information content (AvgIpc) is 3.40. The predicted octanol–water partition coefficient (Wildman–Crippen LogP) is 3.98. The van der Waals surface area contributed by atoms with Gasteiger partial charge in [-0.05, 0) is 30.7 Å². The molecule has 40 heavy (non-hydrogen) atoms. The van der Waals surface area contributed by atoms with Gasteiger partial charge in [-0.2, -0.15) is 17.5 Å². The molecule has 0 bridgehead atoms. The van der Waals surface area contributed by atoms with Crippen LogP contribution in [0.25, 0.3) is 11.1 Å². The fourth-order valence-corrected chi connectivity index (χ4v) is 6.40. The first-order chi connectivity index (χ1) is 18.9. The summed E-state index contributed by atoms with van der Waals surface area (Å²) < 4.78 is 112. The van der Waals surface area contributed by atoms with Crippen LogP contribution in [0.15, 0.2) is 47.2 Å². The number of amides is 1. The van der Waals surface area contributed by atoms with Crippen molar-refractivity contribution in [2.45, 2.75) is 30.5 Å². The highest BCUT2D eigenvalue weighted by molar-refractivity contribution is 7.88. The molecule has 9 nitrogen and oxygen atoms in total. The maximum atomic E-state index is 15.4. The van der Waals surface area contributed by atoms with Crippen molar-refractivity contribution >= 4 is 21.6 Å². The number of fused-ring (bicyclic) bond motifs is 1. The molecule has 1 amide bonds. The molecule has 15 heteroatoms. The smallest absolute Gasteiger partial charge is 0.416 e. The van der Waals surface area contributed by atoms with Crippen molar-refractivity contribution in [3.05, 3.63) is 65.6 Å². The second-order valence-corrected chi connectivity index (χ2v) is 11.2. The van der Waals surface area contributed by atoms with E-state index in [1.54, 1.807) is 0 Å². The normalized spacial score (nSPS) is 20.4. The molecule has 2 aliphatic heterocycles. The van der Waals surface area contributed by atoms with E-state index in [1.807, 2.05) is 0 Å². The third-order valence-corrected chi connectivity index (χ3v) is 8.61. The minimum absolute atomic E-state index is 0.0207. The van der Waals surface area contributed by atoms with Gasteiger partial charge in [-0.25, -0.2) is 17.2 Å². The van der Waals surface area contributed by atoms with E-state index >= 15 is 4.39 Å². The topological polar surface area (TPSA) is 102 Å². The molecule has 2 fully saturated rings. The lowest BCUT2D eigenvalue weighted by molar-refractivity contribution is -0.137. The lowest BCUT2D eigenvalue weighted by Crippen LogP contribution is -2.62. The van der Waals surface area contributed by atoms with Crippen LogP contribution in [0.1, 0.15) is 17.7 Å². The zero-order chi connectivity index (χ0) is 28.8. The summed E-state index contributed by atoms with van der Waals surface area (Å²) in [4.78, 5) is 14.2. The number of morpholine rings is 1. The molecule has 2 saturated heterocycles. The third kappa shape index (κ3) is 5.28. The minimum atomic E-state index is -4.78. The molecule has 5 rings (SSSR count). The molecule has 0 unspecified atom stereocenters. The molecule has 2 aliphatic rings. The maximum absolute atomic E-state index is 15.4. The van der Waals surface area contributed by atoms with E-state index in [4.69, 9.17) is 9.47 Å². The maximum Gasteiger partial charge on any atom is 0.416 e. The Hall–Kier alpha value is -3.56. The van der Waals surface area contributed by atoms with Crippen LogP contribution in [0, 0.1) is 11.6 Å². The Kier molecular flexibility index (Phi) is 7.31. The van der Waals surface area contributed by atoms with Gasteiger partial charge in [0, 0.05) is 36.3 Å². The number of hydrogen-bond acceptors (Lipinski definition) is 7. The van der Waals surface area contributed by atoms with Crippen LogP contribution in [0.2, 0.25) is 0 Å². The number of aromatic nitrogens is 1. The highest BCUT2D eigenvalue weighted by atomic mass is 32.2. The van der Waals surface area contributed by atoms with Crippen molar-refractivity contribution in [2.24, 2.45) is 0 Å². The third-order valence-electron chi connectivity index (χ3n) is 6.84. The molecule has 3 heterocycles. The Balaban J connectivity index is 1.46. The number of hydrogen-bond donors (Lipinski definition) is 0. The number of rotatable bonds is 6. The van der Waals surface area contributed by atoms with Crippen LogP contribution < -0.4 is 9.64 Å². The molecule has 0 aliphatic carbocycles. The van der Waals surface area contributed by atoms with Gasteiger partial charge in [-0.15, -0.1) is 0 Å². The number of halogens is 5. The number of anilines is 1. The summed E-state index contributed by atoms with van der Waals surface area (Å²) in [6.45, 7) is -0.507. The van der Waals surface area contributed by atoms with Crippen LogP contribution in [0.4, 0.5) is 27.6 Å². The van der Waals surface area contributed by atoms with E-state index in [0.717, 1.165) is 12.1 Å². The number of nitrogens with zero attached hydrogens (tertiary/aromatic N) is 3. The zero-order valence-corrected chi connectivity index (χ0v) is 21.6. The highest BCUT2D eigenvalue weighted by Gasteiger charge is 2.44. The standard InChI is InChI=1S/C25H22F5N3O6S/c1-37-22-9-17(16-8-14(25(28,29)30)2-3-18(16)26)19(27)10-21(22)33-20-4-6-32(11-23(20)38-12-24(33)34)40(35,36)13-15-5-7-39-31-15/h2-3,5,7-10,20,23H,4,6,11-13H2,1H3/t20-,23-/m0/s1. The van der Waals surface area contributed by atoms with E-state index in [1.165, 1.54) is 28.6 Å². The van der Waals surface area contributed by atoms with Crippen LogP contribution in [0.5, 0.6) is 5.75 Å². The first-order valence-electron chi connectivity index (χ1n) is 11.9. The monoisotopic (exact) mass is 587 g/mol. The van der Waals surface area contributed by atoms with Crippen LogP contribution >= 0.6 is 0 Å². The number of carbonyl (C=O) groups is 1. The second-order valence-electron chi connectivity index (χ2n) is 9.27. The van der Waals surface area contributed by atoms with E-state index in [0.29, 0.717) is 18.2 Å². The molecule has 3 aromatic rings. The summed E-state index contributed by atoms with van der Waals surface area (Å²) in [5.41, 5.74) is -2.11. The summed E-state index contributed by atoms with van der Waals surface area (Å²) in [6, 6.07) is 4.28. The molecule has 0 spiro atoms. The van der Waals surface area contributed by atoms with Crippen molar-refractivity contribution in [2.75, 3.05) is 31.7 Å². The Labute approximate surface area is 225 Å². The van der Waals surface area contributed by atoms with E-state index in [9.17, 15) is 30.8 Å². The first-order valence-corrected chi connectivity index (χ1v) is 13.6. The summed E-state index contributed by atoms with van der Waals surface area (Å²) >= 11 is 0. The molecular formula is C25H22F5N3O6S. The zero-order valence-electron chi connectivity index (χ0n) is 20.8. The lowest BCUT2D eigenvalue weighted by atomic mass is 9.97. The fraction of sp³-hybridized carbons (Fsp3) is 0.360. The van der Waals surface area contributed by atoms with E-state index < -0.39 is 74.9 Å². The minimum Gasteiger partial charge on any atom is -0.495 e. The molecule has 0 radical (unpaired) electrons. The van der Waals surface area contributed by atoms with E-state index in [-0.39, 0.29) is 36.6 Å². The lowest BCUT2D eigenvalue weighted by Gasteiger charge is -2.46. The van der Waals surface area contributed by atoms with Gasteiger partial charge < -0.3 is 18.9 Å². The number of ether oxygens (including phenoxy) is 2. The van der Waals surface area contributed by atoms with Crippen molar-refractivity contribution in [1.29, 1.82) is 0 Å². The van der Waals surface area contributed by atoms with E-state index in [2.05, 4.69) is 9.68 Å². The van der Waals surface area contributed by atoms with Crippen molar-refractivity contribution < 1.29 is 49.2 Å². The number of carbonyl (C=O) groups excluding carboxylic acids is 1. The molecule has 0 N–H and O–H groups in total. The van der Waals surface area contributed by atoms with Gasteiger partial charge in [0.15, 0.2) is 0 Å². The fourth-order valence-electron chi connectivity index (χ4n) is 4.93. The number of piperidine rings is 1. The molecule has 1 aromatic heterocycles. The SMILES string of the molecule is COc1cc(-c2cc(C(F)(F)F)ccc2F)c(F)cc1N1C(=O)CO[C@H]2CN(S(=O)(=O)Cc3ccon3)CC[C@@H]21. The Morgan fingerprint density at radius 3 is 2.52 bits per heavy atom. The summed E-state index contributed by atoms with van der Waals surface area (Å²) in [6.07, 6.45) is -4.17. The quantitative estimate of drug-likeness (QED) is 0.402. The molecule has 0 saturated carbocycles. The Morgan fingerprint density at radius 2 is 1.85 bits per heavy atom. The predicted molar refractivity (Wildman–Crippen MR) is 130 cm³/mol. The molecule has 2 aromatic carbocycles. The van der Waals surface area contributed by atoms with Crippen LogP contribution in [-0.4, -0.2) is 62.7 Å². The van der Waals surface area contributed by atoms with Gasteiger partial charge in [0.25, 0.3) is 5.91 Å². The molecular weight excluding hydrogens is 565 g/mol. The molecule has 2 atom stereocenters. The van der Waals surface area contributed by atoms with Crippen molar-refractivity contribution in [1.82, 2.24) is 9.46 Å². The molecule has 214 valence electrons. The highest BCUT2D eigenvalue weighted by Crippen LogP contribution is 2.41. The number of methoxy groups -OCH3 is 1. The number of sulfonamides is 1. The largest absolute Gasteiger partial charge is 0.495 e. The van der Waals surface area contributed by atoms with Gasteiger partial charge in [0.2, 0.25) is 10.0 Å². The summed E-state index contributed by atoms with van der Waals surface area (Å²) in [7, 11) is -2.59. The second kappa shape index (κ2) is 10.4. The number of alkyl halides is 3. The number of benzene rings is 2.